The Balaban J connectivity index is 2.26. The Morgan fingerprint density at radius 2 is 2.28 bits per heavy atom. The number of aromatic nitrogens is 1. The zero-order valence-corrected chi connectivity index (χ0v) is 10.6. The molecule has 2 heterocycles. The monoisotopic (exact) mass is 272 g/mol. The number of aliphatic carboxylic acids is 1. The molecule has 0 saturated carbocycles. The second-order valence-electron chi connectivity index (χ2n) is 4.08. The number of halogens is 1. The molecular formula is C11H13ClN2O4. The molecule has 18 heavy (non-hydrogen) atoms. The van der Waals surface area contributed by atoms with Crippen molar-refractivity contribution in [1.82, 2.24) is 9.47 Å². The first-order valence-corrected chi connectivity index (χ1v) is 5.82. The zero-order chi connectivity index (χ0) is 13.3. The third-order valence-corrected chi connectivity index (χ3v) is 3.07. The standard InChI is InChI=1S/C11H13ClN2O4/c1-13-5-7(12)4-8(13)10(15)14-2-3-18-6-9(14)11(16)17/h4-5,9H,2-3,6H2,1H3,(H,16,17). The molecule has 1 aliphatic rings. The lowest BCUT2D eigenvalue weighted by Gasteiger charge is -2.32. The first-order chi connectivity index (χ1) is 8.50. The average Bonchev–Trinajstić information content (AvgIpc) is 2.67. The number of hydrogen-bond acceptors (Lipinski definition) is 3. The molecule has 7 heteroatoms. The van der Waals surface area contributed by atoms with Gasteiger partial charge in [0.05, 0.1) is 18.2 Å². The Morgan fingerprint density at radius 3 is 2.83 bits per heavy atom. The number of ether oxygens (including phenoxy) is 1. The minimum absolute atomic E-state index is 0.0131. The third kappa shape index (κ3) is 2.34. The fourth-order valence-corrected chi connectivity index (χ4v) is 2.19. The Morgan fingerprint density at radius 1 is 1.56 bits per heavy atom. The molecule has 0 aliphatic carbocycles. The second kappa shape index (κ2) is 4.99. The predicted octanol–water partition coefficient (Wildman–Crippen LogP) is 0.604. The summed E-state index contributed by atoms with van der Waals surface area (Å²) >= 11 is 5.82. The number of hydrogen-bond donors (Lipinski definition) is 1. The highest BCUT2D eigenvalue weighted by atomic mass is 35.5. The number of rotatable bonds is 2. The van der Waals surface area contributed by atoms with Gasteiger partial charge in [-0.25, -0.2) is 4.79 Å². The number of amides is 1. The lowest BCUT2D eigenvalue weighted by atomic mass is 10.2. The number of aryl methyl sites for hydroxylation is 1. The van der Waals surface area contributed by atoms with E-state index >= 15 is 0 Å². The van der Waals surface area contributed by atoms with E-state index in [1.807, 2.05) is 0 Å². The summed E-state index contributed by atoms with van der Waals surface area (Å²) in [5, 5.41) is 9.52. The molecule has 1 unspecified atom stereocenters. The number of nitrogens with zero attached hydrogens (tertiary/aromatic N) is 2. The van der Waals surface area contributed by atoms with Crippen molar-refractivity contribution in [2.75, 3.05) is 19.8 Å². The lowest BCUT2D eigenvalue weighted by molar-refractivity contribution is -0.147. The van der Waals surface area contributed by atoms with E-state index in [1.165, 1.54) is 11.0 Å². The van der Waals surface area contributed by atoms with Crippen LogP contribution in [0, 0.1) is 0 Å². The lowest BCUT2D eigenvalue weighted by Crippen LogP contribution is -2.52. The van der Waals surface area contributed by atoms with Crippen LogP contribution in [-0.2, 0) is 16.6 Å². The van der Waals surface area contributed by atoms with E-state index < -0.39 is 12.0 Å². The van der Waals surface area contributed by atoms with Gasteiger partial charge >= 0.3 is 5.97 Å². The summed E-state index contributed by atoms with van der Waals surface area (Å²) in [7, 11) is 1.69. The minimum atomic E-state index is -1.07. The first kappa shape index (κ1) is 12.9. The smallest absolute Gasteiger partial charge is 0.328 e. The van der Waals surface area contributed by atoms with E-state index in [0.717, 1.165) is 0 Å². The van der Waals surface area contributed by atoms with Crippen molar-refractivity contribution in [1.29, 1.82) is 0 Å². The normalized spacial score (nSPS) is 19.9. The summed E-state index contributed by atoms with van der Waals surface area (Å²) in [6, 6.07) is 0.582. The summed E-state index contributed by atoms with van der Waals surface area (Å²) in [5.41, 5.74) is 0.369. The number of carbonyl (C=O) groups is 2. The fraction of sp³-hybridized carbons (Fsp3) is 0.455. The van der Waals surface area contributed by atoms with Gasteiger partial charge < -0.3 is 19.3 Å². The minimum Gasteiger partial charge on any atom is -0.480 e. The molecule has 0 aromatic carbocycles. The maximum atomic E-state index is 12.3. The van der Waals surface area contributed by atoms with Crippen LogP contribution in [0.2, 0.25) is 5.02 Å². The summed E-state index contributed by atoms with van der Waals surface area (Å²) in [6.07, 6.45) is 1.60. The summed E-state index contributed by atoms with van der Waals surface area (Å²) in [4.78, 5) is 24.7. The van der Waals surface area contributed by atoms with Crippen molar-refractivity contribution in [3.63, 3.8) is 0 Å². The highest BCUT2D eigenvalue weighted by Gasteiger charge is 2.34. The van der Waals surface area contributed by atoms with Crippen molar-refractivity contribution in [3.05, 3.63) is 23.0 Å². The molecule has 1 fully saturated rings. The van der Waals surface area contributed by atoms with Gasteiger partial charge in [-0.2, -0.15) is 0 Å². The molecule has 1 aliphatic heterocycles. The maximum Gasteiger partial charge on any atom is 0.328 e. The van der Waals surface area contributed by atoms with Crippen LogP contribution in [-0.4, -0.2) is 52.3 Å². The summed E-state index contributed by atoms with van der Waals surface area (Å²) in [5.74, 6) is -1.41. The van der Waals surface area contributed by atoms with Crippen molar-refractivity contribution in [2.45, 2.75) is 6.04 Å². The molecule has 1 atom stereocenters. The summed E-state index contributed by atoms with van der Waals surface area (Å²) in [6.45, 7) is 0.617. The first-order valence-electron chi connectivity index (χ1n) is 5.44. The third-order valence-electron chi connectivity index (χ3n) is 2.87. The quantitative estimate of drug-likeness (QED) is 0.856. The Hall–Kier alpha value is -1.53. The van der Waals surface area contributed by atoms with Gasteiger partial charge in [-0.3, -0.25) is 4.79 Å². The number of carboxylic acid groups (broad SMARTS) is 1. The van der Waals surface area contributed by atoms with Gasteiger partial charge in [-0.15, -0.1) is 0 Å². The van der Waals surface area contributed by atoms with Crippen LogP contribution >= 0.6 is 11.6 Å². The predicted molar refractivity (Wildman–Crippen MR) is 63.7 cm³/mol. The van der Waals surface area contributed by atoms with Gasteiger partial charge in [0.1, 0.15) is 5.69 Å². The van der Waals surface area contributed by atoms with E-state index in [0.29, 0.717) is 17.3 Å². The molecule has 0 radical (unpaired) electrons. The Kier molecular flexibility index (Phi) is 3.58. The Bertz CT molecular complexity index is 485. The highest BCUT2D eigenvalue weighted by molar-refractivity contribution is 6.31. The SMILES string of the molecule is Cn1cc(Cl)cc1C(=O)N1CCOCC1C(=O)O. The van der Waals surface area contributed by atoms with Crippen LogP contribution in [0.15, 0.2) is 12.3 Å². The topological polar surface area (TPSA) is 71.8 Å². The average molecular weight is 273 g/mol. The maximum absolute atomic E-state index is 12.3. The van der Waals surface area contributed by atoms with Crippen LogP contribution < -0.4 is 0 Å². The molecule has 1 saturated heterocycles. The van der Waals surface area contributed by atoms with E-state index in [1.54, 1.807) is 17.8 Å². The van der Waals surface area contributed by atoms with E-state index in [-0.39, 0.29) is 19.1 Å². The second-order valence-corrected chi connectivity index (χ2v) is 4.52. The molecule has 0 spiro atoms. The largest absolute Gasteiger partial charge is 0.480 e. The van der Waals surface area contributed by atoms with E-state index in [9.17, 15) is 9.59 Å². The molecule has 1 aromatic heterocycles. The van der Waals surface area contributed by atoms with Gasteiger partial charge in [0, 0.05) is 19.8 Å². The van der Waals surface area contributed by atoms with E-state index in [2.05, 4.69) is 0 Å². The van der Waals surface area contributed by atoms with Crippen LogP contribution in [0.4, 0.5) is 0 Å². The van der Waals surface area contributed by atoms with Crippen molar-refractivity contribution in [3.8, 4) is 0 Å². The fourth-order valence-electron chi connectivity index (χ4n) is 1.94. The van der Waals surface area contributed by atoms with Gasteiger partial charge in [0.25, 0.3) is 5.91 Å². The van der Waals surface area contributed by atoms with Crippen LogP contribution in [0.25, 0.3) is 0 Å². The van der Waals surface area contributed by atoms with Crippen molar-refractivity contribution >= 4 is 23.5 Å². The molecule has 6 nitrogen and oxygen atoms in total. The van der Waals surface area contributed by atoms with Crippen molar-refractivity contribution in [2.24, 2.45) is 7.05 Å². The van der Waals surface area contributed by atoms with Crippen LogP contribution in [0.1, 0.15) is 10.5 Å². The Labute approximate surface area is 109 Å². The van der Waals surface area contributed by atoms with Gasteiger partial charge in [0.15, 0.2) is 6.04 Å². The van der Waals surface area contributed by atoms with Crippen molar-refractivity contribution < 1.29 is 19.4 Å². The van der Waals surface area contributed by atoms with Gasteiger partial charge in [-0.1, -0.05) is 11.6 Å². The molecule has 98 valence electrons. The van der Waals surface area contributed by atoms with Crippen LogP contribution in [0.3, 0.4) is 0 Å². The number of carbonyl (C=O) groups excluding carboxylic acids is 1. The zero-order valence-electron chi connectivity index (χ0n) is 9.80. The van der Waals surface area contributed by atoms with Gasteiger partial charge in [0.2, 0.25) is 0 Å². The van der Waals surface area contributed by atoms with E-state index in [4.69, 9.17) is 21.4 Å². The highest BCUT2D eigenvalue weighted by Crippen LogP contribution is 2.17. The summed E-state index contributed by atoms with van der Waals surface area (Å²) < 4.78 is 6.67. The molecule has 0 bridgehead atoms. The molecular weight excluding hydrogens is 260 g/mol. The molecule has 1 N–H and O–H groups in total. The molecule has 1 amide bonds. The molecule has 2 rings (SSSR count). The van der Waals surface area contributed by atoms with Gasteiger partial charge in [-0.05, 0) is 6.07 Å². The molecule has 1 aromatic rings. The van der Waals surface area contributed by atoms with Crippen LogP contribution in [0.5, 0.6) is 0 Å². The number of carboxylic acids is 1. The number of morpholine rings is 1.